The first kappa shape index (κ1) is 11.3. The lowest BCUT2D eigenvalue weighted by Gasteiger charge is -2.20. The van der Waals surface area contributed by atoms with Gasteiger partial charge in [-0.05, 0) is 48.5 Å². The minimum Gasteiger partial charge on any atom is -0.351 e. The minimum absolute atomic E-state index is 0.246. The fourth-order valence-electron chi connectivity index (χ4n) is 3.54. The monoisotopic (exact) mass is 249 g/mol. The standard InChI is InChI=1S/C14H19NOS/c16-14(15-9-13-2-1-5-17-13)8-12-7-10-3-4-11(12)6-10/h1-2,5,10-12H,3-4,6-9H2,(H,15,16)/t10-,11+,12+/m0/s1. The van der Waals surface area contributed by atoms with Gasteiger partial charge in [0.1, 0.15) is 0 Å². The van der Waals surface area contributed by atoms with E-state index in [1.54, 1.807) is 11.3 Å². The molecule has 0 unspecified atom stereocenters. The Balaban J connectivity index is 1.44. The third-order valence-corrected chi connectivity index (χ3v) is 5.25. The molecule has 0 aromatic carbocycles. The van der Waals surface area contributed by atoms with Gasteiger partial charge in [-0.1, -0.05) is 12.5 Å². The molecule has 2 bridgehead atoms. The van der Waals surface area contributed by atoms with E-state index < -0.39 is 0 Å². The molecule has 17 heavy (non-hydrogen) atoms. The van der Waals surface area contributed by atoms with Gasteiger partial charge in [0.15, 0.2) is 0 Å². The van der Waals surface area contributed by atoms with Crippen LogP contribution in [0.1, 0.15) is 37.0 Å². The van der Waals surface area contributed by atoms with E-state index in [4.69, 9.17) is 0 Å². The van der Waals surface area contributed by atoms with Crippen molar-refractivity contribution in [3.8, 4) is 0 Å². The maximum atomic E-state index is 11.9. The molecule has 0 aliphatic heterocycles. The zero-order chi connectivity index (χ0) is 11.7. The SMILES string of the molecule is O=C(C[C@H]1C[C@H]2CC[C@@H]1C2)NCc1cccs1. The molecule has 2 saturated carbocycles. The molecule has 0 radical (unpaired) electrons. The molecule has 0 spiro atoms. The summed E-state index contributed by atoms with van der Waals surface area (Å²) >= 11 is 1.71. The lowest BCUT2D eigenvalue weighted by molar-refractivity contribution is -0.122. The molecule has 1 N–H and O–H groups in total. The van der Waals surface area contributed by atoms with Gasteiger partial charge in [0.25, 0.3) is 0 Å². The second-order valence-electron chi connectivity index (χ2n) is 5.50. The van der Waals surface area contributed by atoms with Gasteiger partial charge in [0, 0.05) is 11.3 Å². The van der Waals surface area contributed by atoms with E-state index in [0.717, 1.165) is 18.3 Å². The maximum absolute atomic E-state index is 11.9. The van der Waals surface area contributed by atoms with Crippen molar-refractivity contribution in [2.24, 2.45) is 17.8 Å². The van der Waals surface area contributed by atoms with Crippen LogP contribution >= 0.6 is 11.3 Å². The van der Waals surface area contributed by atoms with Crippen LogP contribution in [0, 0.1) is 17.8 Å². The maximum Gasteiger partial charge on any atom is 0.220 e. The van der Waals surface area contributed by atoms with E-state index >= 15 is 0 Å². The van der Waals surface area contributed by atoms with Crippen LogP contribution < -0.4 is 5.32 Å². The van der Waals surface area contributed by atoms with Crippen LogP contribution in [0.15, 0.2) is 17.5 Å². The van der Waals surface area contributed by atoms with Crippen LogP contribution in [0.4, 0.5) is 0 Å². The van der Waals surface area contributed by atoms with Crippen LogP contribution in [0.5, 0.6) is 0 Å². The Labute approximate surface area is 106 Å². The van der Waals surface area contributed by atoms with Crippen molar-refractivity contribution in [1.82, 2.24) is 5.32 Å². The van der Waals surface area contributed by atoms with E-state index in [9.17, 15) is 4.79 Å². The summed E-state index contributed by atoms with van der Waals surface area (Å²) in [6.45, 7) is 0.706. The summed E-state index contributed by atoms with van der Waals surface area (Å²) in [7, 11) is 0. The van der Waals surface area contributed by atoms with Gasteiger partial charge in [0.05, 0.1) is 6.54 Å². The first-order valence-electron chi connectivity index (χ1n) is 6.60. The molecule has 1 aromatic rings. The summed E-state index contributed by atoms with van der Waals surface area (Å²) in [5, 5.41) is 5.10. The minimum atomic E-state index is 0.246. The molecule has 92 valence electrons. The molecule has 1 amide bonds. The highest BCUT2D eigenvalue weighted by Gasteiger charge is 2.39. The highest BCUT2D eigenvalue weighted by Crippen LogP contribution is 2.49. The van der Waals surface area contributed by atoms with Crippen molar-refractivity contribution >= 4 is 17.2 Å². The third kappa shape index (κ3) is 2.54. The molecular weight excluding hydrogens is 230 g/mol. The zero-order valence-corrected chi connectivity index (χ0v) is 10.8. The molecule has 2 aliphatic rings. The molecule has 0 saturated heterocycles. The number of amides is 1. The van der Waals surface area contributed by atoms with Crippen LogP contribution in [0.2, 0.25) is 0 Å². The summed E-state index contributed by atoms with van der Waals surface area (Å²) < 4.78 is 0. The number of fused-ring (bicyclic) bond motifs is 2. The number of carbonyl (C=O) groups excluding carboxylic acids is 1. The summed E-state index contributed by atoms with van der Waals surface area (Å²) in [6.07, 6.45) is 6.23. The Morgan fingerprint density at radius 3 is 3.00 bits per heavy atom. The molecule has 3 rings (SSSR count). The molecule has 2 aliphatic carbocycles. The molecule has 3 atom stereocenters. The quantitative estimate of drug-likeness (QED) is 0.872. The fourth-order valence-corrected chi connectivity index (χ4v) is 4.18. The number of rotatable bonds is 4. The largest absolute Gasteiger partial charge is 0.351 e. The Bertz CT molecular complexity index is 387. The Morgan fingerprint density at radius 2 is 2.35 bits per heavy atom. The number of thiophene rings is 1. The summed E-state index contributed by atoms with van der Waals surface area (Å²) in [5.41, 5.74) is 0. The smallest absolute Gasteiger partial charge is 0.220 e. The average Bonchev–Trinajstić information content (AvgIpc) is 3.03. The van der Waals surface area contributed by atoms with Gasteiger partial charge in [-0.25, -0.2) is 0 Å². The number of hydrogen-bond acceptors (Lipinski definition) is 2. The molecule has 1 aromatic heterocycles. The number of carbonyl (C=O) groups is 1. The molecule has 2 nitrogen and oxygen atoms in total. The van der Waals surface area contributed by atoms with Crippen LogP contribution in [-0.2, 0) is 11.3 Å². The summed E-state index contributed by atoms with van der Waals surface area (Å²) in [4.78, 5) is 13.1. The van der Waals surface area contributed by atoms with Crippen molar-refractivity contribution in [2.75, 3.05) is 0 Å². The van der Waals surface area contributed by atoms with Crippen molar-refractivity contribution in [3.63, 3.8) is 0 Å². The molecule has 2 fully saturated rings. The van der Waals surface area contributed by atoms with Gasteiger partial charge in [0.2, 0.25) is 5.91 Å². The lowest BCUT2D eigenvalue weighted by Crippen LogP contribution is -2.26. The van der Waals surface area contributed by atoms with Gasteiger partial charge >= 0.3 is 0 Å². The van der Waals surface area contributed by atoms with Gasteiger partial charge in [-0.2, -0.15) is 0 Å². The predicted octanol–water partition coefficient (Wildman–Crippen LogP) is 3.19. The molecule has 1 heterocycles. The van der Waals surface area contributed by atoms with Crippen molar-refractivity contribution in [2.45, 2.75) is 38.6 Å². The van der Waals surface area contributed by atoms with E-state index in [0.29, 0.717) is 12.5 Å². The van der Waals surface area contributed by atoms with Gasteiger partial charge < -0.3 is 5.32 Å². The average molecular weight is 249 g/mol. The van der Waals surface area contributed by atoms with Crippen LogP contribution in [0.3, 0.4) is 0 Å². The summed E-state index contributed by atoms with van der Waals surface area (Å²) in [5.74, 6) is 2.72. The first-order valence-corrected chi connectivity index (χ1v) is 7.48. The van der Waals surface area contributed by atoms with E-state index in [-0.39, 0.29) is 5.91 Å². The Hall–Kier alpha value is -0.830. The van der Waals surface area contributed by atoms with Crippen LogP contribution in [-0.4, -0.2) is 5.91 Å². The number of hydrogen-bond donors (Lipinski definition) is 1. The van der Waals surface area contributed by atoms with Crippen LogP contribution in [0.25, 0.3) is 0 Å². The molecular formula is C14H19NOS. The zero-order valence-electron chi connectivity index (χ0n) is 10.0. The first-order chi connectivity index (χ1) is 8.31. The van der Waals surface area contributed by atoms with Crippen molar-refractivity contribution in [3.05, 3.63) is 22.4 Å². The lowest BCUT2D eigenvalue weighted by atomic mass is 9.86. The topological polar surface area (TPSA) is 29.1 Å². The van der Waals surface area contributed by atoms with E-state index in [2.05, 4.69) is 16.8 Å². The summed E-state index contributed by atoms with van der Waals surface area (Å²) in [6, 6.07) is 4.10. The van der Waals surface area contributed by atoms with E-state index in [1.807, 2.05) is 6.07 Å². The Kier molecular flexibility index (Phi) is 3.19. The van der Waals surface area contributed by atoms with Crippen molar-refractivity contribution < 1.29 is 4.79 Å². The fraction of sp³-hybridized carbons (Fsp3) is 0.643. The highest BCUT2D eigenvalue weighted by atomic mass is 32.1. The van der Waals surface area contributed by atoms with Crippen molar-refractivity contribution in [1.29, 1.82) is 0 Å². The predicted molar refractivity (Wildman–Crippen MR) is 69.7 cm³/mol. The Morgan fingerprint density at radius 1 is 1.41 bits per heavy atom. The van der Waals surface area contributed by atoms with Gasteiger partial charge in [-0.15, -0.1) is 11.3 Å². The normalized spacial score (nSPS) is 30.7. The highest BCUT2D eigenvalue weighted by molar-refractivity contribution is 7.09. The second-order valence-corrected chi connectivity index (χ2v) is 6.53. The third-order valence-electron chi connectivity index (χ3n) is 4.37. The van der Waals surface area contributed by atoms with Gasteiger partial charge in [-0.3, -0.25) is 4.79 Å². The van der Waals surface area contributed by atoms with E-state index in [1.165, 1.54) is 30.6 Å². The molecule has 3 heteroatoms. The second kappa shape index (κ2) is 4.81. The number of nitrogens with one attached hydrogen (secondary N) is 1.